The van der Waals surface area contributed by atoms with Crippen LogP contribution in [0, 0.1) is 12.8 Å². The Morgan fingerprint density at radius 1 is 1.25 bits per heavy atom. The molecule has 1 amide bonds. The van der Waals surface area contributed by atoms with Crippen molar-refractivity contribution in [1.29, 1.82) is 0 Å². The Hall–Kier alpha value is -2.97. The van der Waals surface area contributed by atoms with Gasteiger partial charge in [0.05, 0.1) is 19.1 Å². The van der Waals surface area contributed by atoms with Crippen LogP contribution in [0.25, 0.3) is 0 Å². The first-order chi connectivity index (χ1) is 15.1. The highest BCUT2D eigenvalue weighted by atomic mass is 19.4. The monoisotopic (exact) mass is 449 g/mol. The summed E-state index contributed by atoms with van der Waals surface area (Å²) in [7, 11) is 0. The van der Waals surface area contributed by atoms with Gasteiger partial charge in [-0.25, -0.2) is 4.98 Å². The van der Waals surface area contributed by atoms with E-state index in [1.807, 2.05) is 0 Å². The smallest absolute Gasteiger partial charge is 0.392 e. The molecular weight excluding hydrogens is 423 g/mol. The van der Waals surface area contributed by atoms with E-state index in [1.54, 1.807) is 32.0 Å². The third kappa shape index (κ3) is 7.62. The van der Waals surface area contributed by atoms with Crippen LogP contribution in [0.3, 0.4) is 0 Å². The van der Waals surface area contributed by atoms with Crippen molar-refractivity contribution in [3.05, 3.63) is 53.0 Å². The molecule has 32 heavy (non-hydrogen) atoms. The molecule has 1 aliphatic rings. The molecule has 0 radical (unpaired) electrons. The van der Waals surface area contributed by atoms with E-state index in [1.165, 1.54) is 12.3 Å². The number of ether oxygens (including phenoxy) is 1. The van der Waals surface area contributed by atoms with Crippen molar-refractivity contribution in [3.63, 3.8) is 0 Å². The van der Waals surface area contributed by atoms with E-state index >= 15 is 0 Å². The first kappa shape index (κ1) is 23.7. The van der Waals surface area contributed by atoms with Gasteiger partial charge in [0.15, 0.2) is 0 Å². The summed E-state index contributed by atoms with van der Waals surface area (Å²) in [5, 5.41) is 2.86. The predicted molar refractivity (Wildman–Crippen MR) is 111 cm³/mol. The lowest BCUT2D eigenvalue weighted by molar-refractivity contribution is -0.139. The number of nitrogens with zero attached hydrogens (tertiary/aromatic N) is 2. The van der Waals surface area contributed by atoms with Crippen molar-refractivity contribution in [2.45, 2.75) is 58.2 Å². The van der Waals surface area contributed by atoms with Gasteiger partial charge in [0.25, 0.3) is 5.91 Å². The number of carbonyl (C=O) groups excluding carboxylic acids is 2. The van der Waals surface area contributed by atoms with Gasteiger partial charge in [0, 0.05) is 42.1 Å². The molecule has 1 N–H and O–H groups in total. The Morgan fingerprint density at radius 2 is 2.00 bits per heavy atom. The van der Waals surface area contributed by atoms with Crippen molar-refractivity contribution >= 4 is 11.7 Å². The third-order valence-corrected chi connectivity index (χ3v) is 5.10. The van der Waals surface area contributed by atoms with E-state index in [-0.39, 0.29) is 24.0 Å². The zero-order chi connectivity index (χ0) is 23.3. The van der Waals surface area contributed by atoms with Crippen molar-refractivity contribution in [3.8, 4) is 5.88 Å². The molecule has 1 unspecified atom stereocenters. The highest BCUT2D eigenvalue weighted by molar-refractivity contribution is 5.95. The summed E-state index contributed by atoms with van der Waals surface area (Å²) in [6.07, 6.45) is -0.891. The molecule has 1 aliphatic carbocycles. The molecule has 0 spiro atoms. The summed E-state index contributed by atoms with van der Waals surface area (Å²) in [6, 6.07) is 6.00. The second kappa shape index (κ2) is 10.1. The quantitative estimate of drug-likeness (QED) is 0.577. The van der Waals surface area contributed by atoms with Gasteiger partial charge in [-0.2, -0.15) is 13.2 Å². The molecule has 6 nitrogen and oxygen atoms in total. The fourth-order valence-corrected chi connectivity index (χ4v) is 3.24. The molecule has 1 atom stereocenters. The summed E-state index contributed by atoms with van der Waals surface area (Å²) < 4.78 is 41.6. The highest BCUT2D eigenvalue weighted by Crippen LogP contribution is 2.32. The fraction of sp³-hybridized carbons (Fsp3) is 0.478. The largest absolute Gasteiger partial charge is 0.477 e. The Kier molecular flexibility index (Phi) is 7.48. The molecule has 1 fully saturated rings. The van der Waals surface area contributed by atoms with E-state index in [9.17, 15) is 22.8 Å². The first-order valence-corrected chi connectivity index (χ1v) is 10.5. The molecule has 2 aromatic heterocycles. The number of aryl methyl sites for hydroxylation is 1. The number of hydrogen-bond donors (Lipinski definition) is 1. The van der Waals surface area contributed by atoms with Crippen LogP contribution < -0.4 is 10.1 Å². The maximum absolute atomic E-state index is 12.7. The Morgan fingerprint density at radius 3 is 2.62 bits per heavy atom. The molecule has 0 saturated heterocycles. The van der Waals surface area contributed by atoms with Crippen LogP contribution in [-0.4, -0.2) is 34.4 Å². The van der Waals surface area contributed by atoms with Crippen molar-refractivity contribution in [1.82, 2.24) is 15.3 Å². The van der Waals surface area contributed by atoms with Gasteiger partial charge in [0.1, 0.15) is 5.78 Å². The maximum atomic E-state index is 12.7. The molecule has 1 saturated carbocycles. The molecule has 0 aliphatic heterocycles. The minimum atomic E-state index is -4.28. The van der Waals surface area contributed by atoms with E-state index in [0.29, 0.717) is 34.9 Å². The lowest BCUT2D eigenvalue weighted by Crippen LogP contribution is -2.27. The summed E-state index contributed by atoms with van der Waals surface area (Å²) >= 11 is 0. The van der Waals surface area contributed by atoms with Gasteiger partial charge in [-0.3, -0.25) is 14.6 Å². The van der Waals surface area contributed by atoms with Crippen LogP contribution in [0.5, 0.6) is 5.88 Å². The van der Waals surface area contributed by atoms with Crippen LogP contribution in [0.2, 0.25) is 0 Å². The second-order valence-electron chi connectivity index (χ2n) is 8.19. The minimum absolute atomic E-state index is 0.0850. The zero-order valence-electron chi connectivity index (χ0n) is 18.0. The van der Waals surface area contributed by atoms with Gasteiger partial charge in [-0.1, -0.05) is 6.07 Å². The molecule has 0 bridgehead atoms. The maximum Gasteiger partial charge on any atom is 0.392 e. The van der Waals surface area contributed by atoms with Crippen molar-refractivity contribution in [2.75, 3.05) is 6.61 Å². The van der Waals surface area contributed by atoms with Crippen molar-refractivity contribution < 1.29 is 27.5 Å². The molecular formula is C23H26F3N3O3. The Labute approximate surface area is 184 Å². The van der Waals surface area contributed by atoms with E-state index in [2.05, 4.69) is 15.3 Å². The minimum Gasteiger partial charge on any atom is -0.477 e. The Balaban J connectivity index is 1.57. The van der Waals surface area contributed by atoms with E-state index in [0.717, 1.165) is 12.8 Å². The number of Topliss-reactive ketones (excluding diaryl/α,β-unsaturated/α-hetero) is 1. The van der Waals surface area contributed by atoms with Gasteiger partial charge in [-0.05, 0) is 50.3 Å². The lowest BCUT2D eigenvalue weighted by Gasteiger charge is -2.15. The second-order valence-corrected chi connectivity index (χ2v) is 8.19. The zero-order valence-corrected chi connectivity index (χ0v) is 18.0. The summed E-state index contributed by atoms with van der Waals surface area (Å²) in [5.74, 6) is 0.408. The van der Waals surface area contributed by atoms with Crippen LogP contribution in [-0.2, 0) is 11.2 Å². The van der Waals surface area contributed by atoms with Gasteiger partial charge < -0.3 is 10.1 Å². The average molecular weight is 449 g/mol. The van der Waals surface area contributed by atoms with E-state index in [4.69, 9.17) is 4.74 Å². The number of carbonyl (C=O) groups is 2. The summed E-state index contributed by atoms with van der Waals surface area (Å²) in [6.45, 7) is 3.04. The number of aromatic nitrogens is 2. The number of amides is 1. The predicted octanol–water partition coefficient (Wildman–Crippen LogP) is 4.52. The number of hydrogen-bond acceptors (Lipinski definition) is 5. The normalized spacial score (nSPS) is 14.7. The summed E-state index contributed by atoms with van der Waals surface area (Å²) in [5.41, 5.74) is 2.32. The number of ketones is 1. The summed E-state index contributed by atoms with van der Waals surface area (Å²) in [4.78, 5) is 33.3. The number of alkyl halides is 3. The lowest BCUT2D eigenvalue weighted by atomic mass is 10.1. The van der Waals surface area contributed by atoms with Crippen LogP contribution in [0.1, 0.15) is 66.0 Å². The van der Waals surface area contributed by atoms with Crippen LogP contribution in [0.4, 0.5) is 13.2 Å². The number of halogens is 3. The highest BCUT2D eigenvalue weighted by Gasteiger charge is 2.27. The SMILES string of the molecule is Cc1cc(C(=O)NC(C)c2ccc(OCCC(F)(F)F)nc2)cc(CC(=O)CC2CC2)n1. The van der Waals surface area contributed by atoms with Gasteiger partial charge in [0.2, 0.25) is 5.88 Å². The molecule has 2 aromatic rings. The first-order valence-electron chi connectivity index (χ1n) is 10.5. The topological polar surface area (TPSA) is 81.2 Å². The number of pyridine rings is 2. The van der Waals surface area contributed by atoms with Crippen LogP contribution >= 0.6 is 0 Å². The molecule has 3 rings (SSSR count). The molecule has 2 heterocycles. The van der Waals surface area contributed by atoms with Crippen molar-refractivity contribution in [2.24, 2.45) is 5.92 Å². The molecule has 9 heteroatoms. The fourth-order valence-electron chi connectivity index (χ4n) is 3.24. The molecule has 172 valence electrons. The van der Waals surface area contributed by atoms with Gasteiger partial charge in [-0.15, -0.1) is 0 Å². The third-order valence-electron chi connectivity index (χ3n) is 5.10. The molecule has 0 aromatic carbocycles. The van der Waals surface area contributed by atoms with Gasteiger partial charge >= 0.3 is 6.18 Å². The van der Waals surface area contributed by atoms with Crippen LogP contribution in [0.15, 0.2) is 30.5 Å². The average Bonchev–Trinajstić information content (AvgIpc) is 3.50. The van der Waals surface area contributed by atoms with E-state index < -0.39 is 25.2 Å². The number of nitrogens with one attached hydrogen (secondary N) is 1. The standard InChI is InChI=1S/C23H26F3N3O3/c1-14-9-18(11-19(28-14)12-20(30)10-16-3-4-16)22(31)29-15(2)17-5-6-21(27-13-17)32-8-7-23(24,25)26/h5-6,9,11,13,15-16H,3-4,7-8,10,12H2,1-2H3,(H,29,31). The number of rotatable bonds is 10. The Bertz CT molecular complexity index is 957.